The molecule has 29 heavy (non-hydrogen) atoms. The normalized spacial score (nSPS) is 18.3. The van der Waals surface area contributed by atoms with E-state index in [0.29, 0.717) is 42.8 Å². The second-order valence-electron chi connectivity index (χ2n) is 7.16. The predicted octanol–water partition coefficient (Wildman–Crippen LogP) is 2.93. The zero-order valence-corrected chi connectivity index (χ0v) is 17.3. The van der Waals surface area contributed by atoms with Gasteiger partial charge in [0.1, 0.15) is 6.61 Å². The summed E-state index contributed by atoms with van der Waals surface area (Å²) in [5, 5.41) is 3.98. The first kappa shape index (κ1) is 19.5. The number of hydrogen-bond acceptors (Lipinski definition) is 4. The lowest BCUT2D eigenvalue weighted by molar-refractivity contribution is -0.142. The van der Waals surface area contributed by atoms with Gasteiger partial charge in [0.05, 0.1) is 0 Å². The van der Waals surface area contributed by atoms with Crippen molar-refractivity contribution in [3.8, 4) is 11.5 Å². The number of nitrogens with zero attached hydrogens (tertiary/aromatic N) is 2. The molecule has 2 aromatic rings. The van der Waals surface area contributed by atoms with Gasteiger partial charge in [-0.3, -0.25) is 4.79 Å². The van der Waals surface area contributed by atoms with E-state index in [1.165, 1.54) is 5.56 Å². The molecule has 7 heteroatoms. The van der Waals surface area contributed by atoms with Crippen LogP contribution in [0.4, 0.5) is 5.69 Å². The minimum Gasteiger partial charge on any atom is -0.485 e. The number of benzene rings is 2. The average Bonchev–Trinajstić information content (AvgIpc) is 2.79. The van der Waals surface area contributed by atoms with Crippen molar-refractivity contribution in [2.24, 2.45) is 0 Å². The molecule has 2 heterocycles. The monoisotopic (exact) mass is 411 g/mol. The topological polar surface area (TPSA) is 54.0 Å². The van der Waals surface area contributed by atoms with Gasteiger partial charge in [-0.25, -0.2) is 0 Å². The second kappa shape index (κ2) is 8.69. The summed E-state index contributed by atoms with van der Waals surface area (Å²) in [5.74, 6) is 1.27. The molecule has 2 aliphatic heterocycles. The van der Waals surface area contributed by atoms with Gasteiger partial charge in [-0.2, -0.15) is 0 Å². The van der Waals surface area contributed by atoms with Crippen LogP contribution in [0.2, 0.25) is 0 Å². The lowest BCUT2D eigenvalue weighted by Gasteiger charge is -2.38. The summed E-state index contributed by atoms with van der Waals surface area (Å²) in [5.41, 5.74) is 2.28. The van der Waals surface area contributed by atoms with Gasteiger partial charge >= 0.3 is 0 Å². The maximum absolute atomic E-state index is 12.8. The van der Waals surface area contributed by atoms with Crippen molar-refractivity contribution in [3.05, 3.63) is 54.1 Å². The third-order valence-electron chi connectivity index (χ3n) is 5.28. The molecule has 0 spiro atoms. The summed E-state index contributed by atoms with van der Waals surface area (Å²) in [4.78, 5) is 16.8. The number of carbonyl (C=O) groups is 1. The van der Waals surface area contributed by atoms with Gasteiger partial charge in [0.15, 0.2) is 16.6 Å². The summed E-state index contributed by atoms with van der Waals surface area (Å²) < 4.78 is 11.5. The number of carbonyl (C=O) groups excluding carboxylic acids is 1. The Hall–Kier alpha value is -2.80. The highest BCUT2D eigenvalue weighted by Crippen LogP contribution is 2.31. The smallest absolute Gasteiger partial charge is 0.267 e. The number of thiocarbonyl (C=S) groups is 1. The van der Waals surface area contributed by atoms with Crippen molar-refractivity contribution < 1.29 is 14.3 Å². The van der Waals surface area contributed by atoms with Crippen LogP contribution in [-0.4, -0.2) is 59.7 Å². The van der Waals surface area contributed by atoms with Gasteiger partial charge in [-0.1, -0.05) is 31.2 Å². The van der Waals surface area contributed by atoms with Crippen LogP contribution in [0.3, 0.4) is 0 Å². The highest BCUT2D eigenvalue weighted by molar-refractivity contribution is 7.80. The Morgan fingerprint density at radius 2 is 1.69 bits per heavy atom. The summed E-state index contributed by atoms with van der Waals surface area (Å²) in [6.45, 7) is 4.97. The molecule has 1 saturated heterocycles. The Morgan fingerprint density at radius 3 is 2.38 bits per heavy atom. The number of fused-ring (bicyclic) bond motifs is 1. The van der Waals surface area contributed by atoms with Crippen LogP contribution in [0.1, 0.15) is 12.5 Å². The van der Waals surface area contributed by atoms with Gasteiger partial charge in [-0.15, -0.1) is 0 Å². The zero-order chi connectivity index (χ0) is 20.2. The summed E-state index contributed by atoms with van der Waals surface area (Å²) in [7, 11) is 0. The fourth-order valence-corrected chi connectivity index (χ4v) is 3.80. The quantitative estimate of drug-likeness (QED) is 0.784. The first-order valence-electron chi connectivity index (χ1n) is 9.96. The average molecular weight is 412 g/mol. The van der Waals surface area contributed by atoms with E-state index in [0.717, 1.165) is 12.1 Å². The molecule has 0 aliphatic carbocycles. The third kappa shape index (κ3) is 4.45. The van der Waals surface area contributed by atoms with Crippen LogP contribution in [0.15, 0.2) is 48.5 Å². The van der Waals surface area contributed by atoms with E-state index in [4.69, 9.17) is 21.7 Å². The molecular weight excluding hydrogens is 386 g/mol. The Labute approximate surface area is 176 Å². The van der Waals surface area contributed by atoms with Crippen molar-refractivity contribution >= 4 is 28.9 Å². The Kier molecular flexibility index (Phi) is 5.85. The lowest BCUT2D eigenvalue weighted by atomic mass is 10.1. The van der Waals surface area contributed by atoms with E-state index < -0.39 is 6.10 Å². The molecule has 0 unspecified atom stereocenters. The number of ether oxygens (including phenoxy) is 2. The molecule has 0 aromatic heterocycles. The first-order valence-corrected chi connectivity index (χ1v) is 10.4. The molecule has 0 radical (unpaired) electrons. The Balaban J connectivity index is 1.28. The van der Waals surface area contributed by atoms with Crippen molar-refractivity contribution in [2.75, 3.05) is 38.1 Å². The number of nitrogens with one attached hydrogen (secondary N) is 1. The highest BCUT2D eigenvalue weighted by Gasteiger charge is 2.33. The van der Waals surface area contributed by atoms with Crippen LogP contribution >= 0.6 is 12.2 Å². The fraction of sp³-hybridized carbons (Fsp3) is 0.364. The van der Waals surface area contributed by atoms with E-state index in [9.17, 15) is 4.79 Å². The number of para-hydroxylation sites is 2. The first-order chi connectivity index (χ1) is 14.1. The molecule has 2 aromatic carbocycles. The van der Waals surface area contributed by atoms with Crippen LogP contribution in [0, 0.1) is 0 Å². The summed E-state index contributed by atoms with van der Waals surface area (Å²) >= 11 is 5.56. The lowest BCUT2D eigenvalue weighted by Crippen LogP contribution is -2.55. The van der Waals surface area contributed by atoms with Crippen LogP contribution in [-0.2, 0) is 11.2 Å². The number of hydrogen-bond donors (Lipinski definition) is 1. The number of aryl methyl sites for hydroxylation is 1. The molecule has 0 saturated carbocycles. The van der Waals surface area contributed by atoms with Crippen molar-refractivity contribution in [3.63, 3.8) is 0 Å². The maximum atomic E-state index is 12.8. The van der Waals surface area contributed by atoms with Crippen LogP contribution in [0.25, 0.3) is 0 Å². The van der Waals surface area contributed by atoms with Crippen molar-refractivity contribution in [1.82, 2.24) is 9.80 Å². The zero-order valence-electron chi connectivity index (χ0n) is 16.5. The highest BCUT2D eigenvalue weighted by atomic mass is 32.1. The van der Waals surface area contributed by atoms with E-state index >= 15 is 0 Å². The van der Waals surface area contributed by atoms with Crippen molar-refractivity contribution in [2.45, 2.75) is 19.4 Å². The number of piperazine rings is 1. The standard InChI is InChI=1S/C22H25N3O3S/c1-2-16-7-9-17(10-8-16)23-22(29)25-13-11-24(12-14-25)21(26)20-15-27-18-5-3-4-6-19(18)28-20/h3-10,20H,2,11-15H2,1H3,(H,23,29)/t20-/m1/s1. The molecular formula is C22H25N3O3S. The predicted molar refractivity (Wildman–Crippen MR) is 117 cm³/mol. The second-order valence-corrected chi connectivity index (χ2v) is 7.54. The van der Waals surface area contributed by atoms with Gasteiger partial charge in [-0.05, 0) is 48.5 Å². The van der Waals surface area contributed by atoms with Gasteiger partial charge < -0.3 is 24.6 Å². The molecule has 4 rings (SSSR count). The van der Waals surface area contributed by atoms with E-state index in [-0.39, 0.29) is 12.5 Å². The Bertz CT molecular complexity index is 879. The molecule has 1 fully saturated rings. The maximum Gasteiger partial charge on any atom is 0.267 e. The largest absolute Gasteiger partial charge is 0.485 e. The van der Waals surface area contributed by atoms with E-state index in [2.05, 4.69) is 29.3 Å². The minimum atomic E-state index is -0.599. The summed E-state index contributed by atoms with van der Waals surface area (Å²) in [6, 6.07) is 15.7. The number of amides is 1. The third-order valence-corrected chi connectivity index (χ3v) is 5.64. The van der Waals surface area contributed by atoms with Crippen LogP contribution in [0.5, 0.6) is 11.5 Å². The fourth-order valence-electron chi connectivity index (χ4n) is 3.50. The molecule has 1 atom stereocenters. The SMILES string of the molecule is CCc1ccc(NC(=S)N2CCN(C(=O)[C@H]3COc4ccccc4O3)CC2)cc1. The van der Waals surface area contributed by atoms with Gasteiger partial charge in [0, 0.05) is 31.9 Å². The van der Waals surface area contributed by atoms with Gasteiger partial charge in [0.25, 0.3) is 5.91 Å². The number of rotatable bonds is 3. The van der Waals surface area contributed by atoms with Crippen molar-refractivity contribution in [1.29, 1.82) is 0 Å². The minimum absolute atomic E-state index is 0.0341. The van der Waals surface area contributed by atoms with E-state index in [1.807, 2.05) is 41.3 Å². The number of anilines is 1. The summed E-state index contributed by atoms with van der Waals surface area (Å²) in [6.07, 6.45) is 0.417. The van der Waals surface area contributed by atoms with Gasteiger partial charge in [0.2, 0.25) is 6.10 Å². The molecule has 0 bridgehead atoms. The molecule has 152 valence electrons. The molecule has 1 N–H and O–H groups in total. The Morgan fingerprint density at radius 1 is 1.03 bits per heavy atom. The molecule has 1 amide bonds. The van der Waals surface area contributed by atoms with Crippen LogP contribution < -0.4 is 14.8 Å². The molecule has 6 nitrogen and oxygen atoms in total. The molecule has 2 aliphatic rings. The van der Waals surface area contributed by atoms with E-state index in [1.54, 1.807) is 0 Å².